The summed E-state index contributed by atoms with van der Waals surface area (Å²) in [5.41, 5.74) is 2.61. The van der Waals surface area contributed by atoms with E-state index in [1.54, 1.807) is 0 Å². The Morgan fingerprint density at radius 3 is 2.86 bits per heavy atom. The topological polar surface area (TPSA) is 58.4 Å². The van der Waals surface area contributed by atoms with Gasteiger partial charge in [0.25, 0.3) is 5.91 Å². The molecule has 0 bridgehead atoms. The van der Waals surface area contributed by atoms with Crippen molar-refractivity contribution in [1.29, 1.82) is 0 Å². The minimum Gasteiger partial charge on any atom is -0.436 e. The summed E-state index contributed by atoms with van der Waals surface area (Å²) in [6.45, 7) is 2.93. The molecule has 0 radical (unpaired) electrons. The van der Waals surface area contributed by atoms with E-state index in [1.165, 1.54) is 19.3 Å². The fourth-order valence-electron chi connectivity index (χ4n) is 4.08. The third-order valence-corrected chi connectivity index (χ3v) is 6.38. The van der Waals surface area contributed by atoms with Crippen molar-refractivity contribution in [3.63, 3.8) is 0 Å². The average Bonchev–Trinajstić information content (AvgIpc) is 3.15. The normalized spacial score (nSPS) is 20.1. The molecule has 1 aromatic heterocycles. The third-order valence-electron chi connectivity index (χ3n) is 5.92. The van der Waals surface area contributed by atoms with Gasteiger partial charge in [-0.15, -0.1) is 0 Å². The molecule has 29 heavy (non-hydrogen) atoms. The van der Waals surface area contributed by atoms with Crippen LogP contribution >= 0.6 is 15.9 Å². The van der Waals surface area contributed by atoms with Gasteiger partial charge >= 0.3 is 0 Å². The van der Waals surface area contributed by atoms with E-state index in [0.717, 1.165) is 16.5 Å². The zero-order valence-corrected chi connectivity index (χ0v) is 18.4. The Labute approximate surface area is 179 Å². The summed E-state index contributed by atoms with van der Waals surface area (Å²) in [6, 6.07) is 14.5. The standard InChI is InChI=1S/C23H26BrN3O2/c1-15-7-6-10-18(27(15)2)11-12-25-22(28)19-13-17(24)14-20-21(19)26-23(29-20)16-8-4-3-5-9-16/h3-5,8-9,13-15,18H,6-7,10-12H2,1-2H3,(H,25,28). The molecule has 1 saturated heterocycles. The molecule has 1 amide bonds. The summed E-state index contributed by atoms with van der Waals surface area (Å²) in [5.74, 6) is 0.404. The lowest BCUT2D eigenvalue weighted by atomic mass is 9.95. The lowest BCUT2D eigenvalue weighted by molar-refractivity contribution is 0.0932. The van der Waals surface area contributed by atoms with E-state index >= 15 is 0 Å². The van der Waals surface area contributed by atoms with Crippen molar-refractivity contribution in [3.8, 4) is 11.5 Å². The maximum Gasteiger partial charge on any atom is 0.253 e. The second-order valence-electron chi connectivity index (χ2n) is 7.83. The Morgan fingerprint density at radius 2 is 2.07 bits per heavy atom. The predicted octanol–water partition coefficient (Wildman–Crippen LogP) is 5.25. The predicted molar refractivity (Wildman–Crippen MR) is 119 cm³/mol. The summed E-state index contributed by atoms with van der Waals surface area (Å²) >= 11 is 3.49. The molecule has 0 aliphatic carbocycles. The Morgan fingerprint density at radius 1 is 1.28 bits per heavy atom. The molecule has 2 heterocycles. The van der Waals surface area contributed by atoms with Crippen molar-refractivity contribution in [2.24, 2.45) is 0 Å². The number of aromatic nitrogens is 1. The van der Waals surface area contributed by atoms with Crippen LogP contribution in [0.3, 0.4) is 0 Å². The molecule has 1 N–H and O–H groups in total. The molecular weight excluding hydrogens is 430 g/mol. The van der Waals surface area contributed by atoms with Crippen LogP contribution in [0.15, 0.2) is 51.4 Å². The van der Waals surface area contributed by atoms with E-state index in [9.17, 15) is 4.79 Å². The van der Waals surface area contributed by atoms with Crippen LogP contribution in [-0.2, 0) is 0 Å². The number of rotatable bonds is 5. The van der Waals surface area contributed by atoms with Gasteiger partial charge in [-0.3, -0.25) is 4.79 Å². The number of piperidine rings is 1. The van der Waals surface area contributed by atoms with E-state index < -0.39 is 0 Å². The zero-order valence-electron chi connectivity index (χ0n) is 16.8. The molecule has 2 unspecified atom stereocenters. The van der Waals surface area contributed by atoms with Crippen molar-refractivity contribution < 1.29 is 9.21 Å². The molecule has 4 rings (SSSR count). The molecule has 5 nitrogen and oxygen atoms in total. The van der Waals surface area contributed by atoms with Crippen LogP contribution in [0.1, 0.15) is 43.0 Å². The minimum atomic E-state index is -0.115. The van der Waals surface area contributed by atoms with Gasteiger partial charge in [0.05, 0.1) is 5.56 Å². The second kappa shape index (κ2) is 8.67. The van der Waals surface area contributed by atoms with Gasteiger partial charge in [-0.05, 0) is 57.5 Å². The Kier molecular flexibility index (Phi) is 6.01. The number of nitrogens with zero attached hydrogens (tertiary/aromatic N) is 2. The van der Waals surface area contributed by atoms with E-state index in [1.807, 2.05) is 42.5 Å². The van der Waals surface area contributed by atoms with E-state index in [0.29, 0.717) is 41.2 Å². The summed E-state index contributed by atoms with van der Waals surface area (Å²) in [5, 5.41) is 3.08. The maximum absolute atomic E-state index is 12.9. The number of fused-ring (bicyclic) bond motifs is 1. The van der Waals surface area contributed by atoms with Crippen molar-refractivity contribution in [3.05, 3.63) is 52.5 Å². The number of likely N-dealkylation sites (tertiary alicyclic amines) is 1. The molecule has 1 aliphatic heterocycles. The number of amides is 1. The Bertz CT molecular complexity index is 1000. The fraction of sp³-hybridized carbons (Fsp3) is 0.391. The highest BCUT2D eigenvalue weighted by Gasteiger charge is 2.24. The van der Waals surface area contributed by atoms with Gasteiger partial charge in [-0.1, -0.05) is 40.5 Å². The van der Waals surface area contributed by atoms with Crippen LogP contribution in [0.5, 0.6) is 0 Å². The number of benzene rings is 2. The van der Waals surface area contributed by atoms with Crippen LogP contribution in [-0.4, -0.2) is 41.5 Å². The molecule has 0 saturated carbocycles. The molecular formula is C23H26BrN3O2. The van der Waals surface area contributed by atoms with Gasteiger partial charge in [-0.25, -0.2) is 4.98 Å². The van der Waals surface area contributed by atoms with Crippen molar-refractivity contribution in [1.82, 2.24) is 15.2 Å². The summed E-state index contributed by atoms with van der Waals surface area (Å²) in [4.78, 5) is 20.0. The lowest BCUT2D eigenvalue weighted by Gasteiger charge is -2.38. The van der Waals surface area contributed by atoms with Crippen molar-refractivity contribution >= 4 is 32.9 Å². The van der Waals surface area contributed by atoms with Crippen LogP contribution in [0.25, 0.3) is 22.6 Å². The highest BCUT2D eigenvalue weighted by molar-refractivity contribution is 9.10. The molecule has 1 fully saturated rings. The molecule has 2 atom stereocenters. The SMILES string of the molecule is CC1CCCC(CCNC(=O)c2cc(Br)cc3oc(-c4ccccc4)nc23)N1C. The quantitative estimate of drug-likeness (QED) is 0.570. The summed E-state index contributed by atoms with van der Waals surface area (Å²) < 4.78 is 6.72. The Hall–Kier alpha value is -2.18. The first kappa shape index (κ1) is 20.1. The van der Waals surface area contributed by atoms with E-state index in [4.69, 9.17) is 4.42 Å². The molecule has 2 aromatic carbocycles. The number of carbonyl (C=O) groups is 1. The summed E-state index contributed by atoms with van der Waals surface area (Å²) in [6.07, 6.45) is 4.67. The third kappa shape index (κ3) is 4.38. The molecule has 152 valence electrons. The highest BCUT2D eigenvalue weighted by Crippen LogP contribution is 2.29. The number of hydrogen-bond acceptors (Lipinski definition) is 4. The number of hydrogen-bond donors (Lipinski definition) is 1. The first-order valence-electron chi connectivity index (χ1n) is 10.2. The van der Waals surface area contributed by atoms with Gasteiger partial charge in [0.15, 0.2) is 5.58 Å². The molecule has 3 aromatic rings. The number of nitrogens with one attached hydrogen (secondary N) is 1. The maximum atomic E-state index is 12.9. The molecule has 0 spiro atoms. The highest BCUT2D eigenvalue weighted by atomic mass is 79.9. The fourth-order valence-corrected chi connectivity index (χ4v) is 4.52. The zero-order chi connectivity index (χ0) is 20.4. The van der Waals surface area contributed by atoms with Gasteiger partial charge in [0.2, 0.25) is 5.89 Å². The van der Waals surface area contributed by atoms with Gasteiger partial charge < -0.3 is 14.6 Å². The Balaban J connectivity index is 1.50. The number of carbonyl (C=O) groups excluding carboxylic acids is 1. The van der Waals surface area contributed by atoms with Crippen molar-refractivity contribution in [2.75, 3.05) is 13.6 Å². The van der Waals surface area contributed by atoms with Gasteiger partial charge in [0.1, 0.15) is 5.52 Å². The smallest absolute Gasteiger partial charge is 0.253 e. The molecule has 1 aliphatic rings. The molecule has 6 heteroatoms. The van der Waals surface area contributed by atoms with Crippen LogP contribution in [0, 0.1) is 0 Å². The van der Waals surface area contributed by atoms with Crippen LogP contribution in [0.4, 0.5) is 0 Å². The van der Waals surface area contributed by atoms with E-state index in [-0.39, 0.29) is 5.91 Å². The van der Waals surface area contributed by atoms with E-state index in [2.05, 4.69) is 45.1 Å². The van der Waals surface area contributed by atoms with Gasteiger partial charge in [-0.2, -0.15) is 0 Å². The van der Waals surface area contributed by atoms with Gasteiger partial charge in [0, 0.05) is 28.7 Å². The van der Waals surface area contributed by atoms with Crippen molar-refractivity contribution in [2.45, 2.75) is 44.7 Å². The summed E-state index contributed by atoms with van der Waals surface area (Å²) in [7, 11) is 2.19. The first-order valence-corrected chi connectivity index (χ1v) is 11.0. The lowest BCUT2D eigenvalue weighted by Crippen LogP contribution is -2.43. The number of halogens is 1. The monoisotopic (exact) mass is 455 g/mol. The number of oxazole rings is 1. The second-order valence-corrected chi connectivity index (χ2v) is 8.74. The first-order chi connectivity index (χ1) is 14.0. The largest absolute Gasteiger partial charge is 0.436 e. The van der Waals surface area contributed by atoms with Crippen LogP contribution < -0.4 is 5.32 Å². The average molecular weight is 456 g/mol. The van der Waals surface area contributed by atoms with Crippen LogP contribution in [0.2, 0.25) is 0 Å². The minimum absolute atomic E-state index is 0.115.